The first kappa shape index (κ1) is 14.6. The molecular formula is C20H20O2. The molecule has 1 aliphatic carbocycles. The van der Waals surface area contributed by atoms with E-state index in [9.17, 15) is 4.79 Å². The quantitative estimate of drug-likeness (QED) is 0.812. The molecule has 0 heterocycles. The van der Waals surface area contributed by atoms with Crippen LogP contribution in [-0.4, -0.2) is 12.9 Å². The number of ether oxygens (including phenoxy) is 1. The summed E-state index contributed by atoms with van der Waals surface area (Å²) in [7, 11) is 1.68. The van der Waals surface area contributed by atoms with Crippen molar-refractivity contribution in [3.8, 4) is 5.75 Å². The van der Waals surface area contributed by atoms with Gasteiger partial charge in [0, 0.05) is 12.0 Å². The van der Waals surface area contributed by atoms with E-state index in [0.717, 1.165) is 36.1 Å². The Labute approximate surface area is 131 Å². The van der Waals surface area contributed by atoms with Gasteiger partial charge >= 0.3 is 0 Å². The first-order chi connectivity index (χ1) is 10.8. The predicted octanol–water partition coefficient (Wildman–Crippen LogP) is 4.47. The van der Waals surface area contributed by atoms with Crippen LogP contribution in [0.5, 0.6) is 5.75 Å². The predicted molar refractivity (Wildman–Crippen MR) is 89.4 cm³/mol. The largest absolute Gasteiger partial charge is 0.497 e. The summed E-state index contributed by atoms with van der Waals surface area (Å²) in [5, 5.41) is 0. The summed E-state index contributed by atoms with van der Waals surface area (Å²) >= 11 is 0. The van der Waals surface area contributed by atoms with Gasteiger partial charge in [-0.3, -0.25) is 4.79 Å². The zero-order chi connectivity index (χ0) is 15.4. The Morgan fingerprint density at radius 2 is 1.91 bits per heavy atom. The van der Waals surface area contributed by atoms with Crippen LogP contribution in [0.25, 0.3) is 6.08 Å². The number of hydrogen-bond donors (Lipinski definition) is 0. The van der Waals surface area contributed by atoms with Crippen molar-refractivity contribution in [2.45, 2.75) is 25.7 Å². The van der Waals surface area contributed by atoms with Gasteiger partial charge in [-0.05, 0) is 54.2 Å². The van der Waals surface area contributed by atoms with Gasteiger partial charge in [0.15, 0.2) is 5.78 Å². The Morgan fingerprint density at radius 1 is 1.09 bits per heavy atom. The monoisotopic (exact) mass is 292 g/mol. The van der Waals surface area contributed by atoms with E-state index in [-0.39, 0.29) is 5.78 Å². The molecule has 0 N–H and O–H groups in total. The maximum atomic E-state index is 11.8. The lowest BCUT2D eigenvalue weighted by atomic mass is 10.0. The highest BCUT2D eigenvalue weighted by Crippen LogP contribution is 2.23. The summed E-state index contributed by atoms with van der Waals surface area (Å²) in [5.41, 5.74) is 4.52. The third-order valence-electron chi connectivity index (χ3n) is 4.12. The van der Waals surface area contributed by atoms with Crippen LogP contribution in [0.1, 0.15) is 39.9 Å². The fourth-order valence-electron chi connectivity index (χ4n) is 2.82. The molecule has 0 aliphatic heterocycles. The number of methoxy groups -OCH3 is 1. The molecule has 3 rings (SSSR count). The first-order valence-corrected chi connectivity index (χ1v) is 7.72. The Bertz CT molecular complexity index is 696. The number of Topliss-reactive ketones (excluding diaryl/α,β-unsaturated/α-hetero) is 1. The van der Waals surface area contributed by atoms with Crippen molar-refractivity contribution in [1.82, 2.24) is 0 Å². The van der Waals surface area contributed by atoms with Crippen LogP contribution in [-0.2, 0) is 12.8 Å². The van der Waals surface area contributed by atoms with E-state index in [0.29, 0.717) is 6.42 Å². The van der Waals surface area contributed by atoms with Gasteiger partial charge in [-0.25, -0.2) is 0 Å². The normalized spacial score (nSPS) is 13.6. The van der Waals surface area contributed by atoms with Gasteiger partial charge < -0.3 is 4.74 Å². The Morgan fingerprint density at radius 3 is 2.68 bits per heavy atom. The minimum absolute atomic E-state index is 0.281. The minimum atomic E-state index is 0.281. The van der Waals surface area contributed by atoms with Crippen molar-refractivity contribution in [2.24, 2.45) is 0 Å². The Balaban J connectivity index is 1.58. The number of ketones is 1. The first-order valence-electron chi connectivity index (χ1n) is 7.72. The summed E-state index contributed by atoms with van der Waals surface area (Å²) in [5.74, 6) is 1.17. The van der Waals surface area contributed by atoms with Gasteiger partial charge in [0.25, 0.3) is 0 Å². The number of carbonyl (C=O) groups is 1. The maximum Gasteiger partial charge on any atom is 0.163 e. The molecule has 2 heteroatoms. The van der Waals surface area contributed by atoms with Crippen molar-refractivity contribution in [3.63, 3.8) is 0 Å². The summed E-state index contributed by atoms with van der Waals surface area (Å²) in [4.78, 5) is 11.8. The lowest BCUT2D eigenvalue weighted by Crippen LogP contribution is -1.91. The van der Waals surface area contributed by atoms with Crippen LogP contribution in [0.15, 0.2) is 48.5 Å². The van der Waals surface area contributed by atoms with E-state index in [4.69, 9.17) is 4.74 Å². The molecular weight excluding hydrogens is 272 g/mol. The number of carbonyl (C=O) groups excluding carboxylic acids is 1. The van der Waals surface area contributed by atoms with Gasteiger partial charge in [-0.15, -0.1) is 0 Å². The number of rotatable bonds is 5. The highest BCUT2D eigenvalue weighted by atomic mass is 16.5. The van der Waals surface area contributed by atoms with E-state index in [1.807, 2.05) is 18.2 Å². The second-order valence-corrected chi connectivity index (χ2v) is 5.63. The number of fused-ring (bicyclic) bond motifs is 1. The molecule has 0 spiro atoms. The fraction of sp³-hybridized carbons (Fsp3) is 0.250. The number of benzene rings is 2. The fourth-order valence-corrected chi connectivity index (χ4v) is 2.82. The zero-order valence-corrected chi connectivity index (χ0v) is 12.8. The topological polar surface area (TPSA) is 26.3 Å². The Kier molecular flexibility index (Phi) is 4.38. The average molecular weight is 292 g/mol. The highest BCUT2D eigenvalue weighted by Gasteiger charge is 2.18. The molecule has 0 fully saturated rings. The molecule has 1 aliphatic rings. The second kappa shape index (κ2) is 6.61. The molecule has 0 atom stereocenters. The van der Waals surface area contributed by atoms with Crippen LogP contribution < -0.4 is 4.74 Å². The summed E-state index contributed by atoms with van der Waals surface area (Å²) in [6.45, 7) is 0. The number of allylic oxidation sites excluding steroid dienone is 1. The molecule has 2 nitrogen and oxygen atoms in total. The third kappa shape index (κ3) is 3.28. The van der Waals surface area contributed by atoms with Gasteiger partial charge in [0.05, 0.1) is 7.11 Å². The number of hydrogen-bond acceptors (Lipinski definition) is 2. The molecule has 22 heavy (non-hydrogen) atoms. The van der Waals surface area contributed by atoms with E-state index < -0.39 is 0 Å². The molecule has 0 aromatic heterocycles. The van der Waals surface area contributed by atoms with E-state index in [1.54, 1.807) is 7.11 Å². The van der Waals surface area contributed by atoms with Crippen LogP contribution in [0.3, 0.4) is 0 Å². The van der Waals surface area contributed by atoms with Gasteiger partial charge in [0.1, 0.15) is 5.75 Å². The molecule has 0 unspecified atom stereocenters. The SMILES string of the molecule is COc1ccc(CC/C=C/c2ccc3c(c2)C(=O)CC3)cc1. The van der Waals surface area contributed by atoms with Crippen LogP contribution >= 0.6 is 0 Å². The molecule has 112 valence electrons. The molecule has 0 saturated heterocycles. The molecule has 2 aromatic rings. The third-order valence-corrected chi connectivity index (χ3v) is 4.12. The maximum absolute atomic E-state index is 11.8. The zero-order valence-electron chi connectivity index (χ0n) is 12.8. The van der Waals surface area contributed by atoms with Crippen molar-refractivity contribution in [1.29, 1.82) is 0 Å². The molecule has 0 bridgehead atoms. The molecule has 2 aromatic carbocycles. The van der Waals surface area contributed by atoms with Crippen LogP contribution in [0.4, 0.5) is 0 Å². The standard InChI is InChI=1S/C20H20O2/c1-22-18-11-7-15(8-12-18)4-2-3-5-16-6-9-17-10-13-20(21)19(17)14-16/h3,5-9,11-12,14H,2,4,10,13H2,1H3/b5-3+. The Hall–Kier alpha value is -2.35. The van der Waals surface area contributed by atoms with Crippen molar-refractivity contribution in [3.05, 3.63) is 70.8 Å². The van der Waals surface area contributed by atoms with Crippen LogP contribution in [0.2, 0.25) is 0 Å². The van der Waals surface area contributed by atoms with E-state index in [2.05, 4.69) is 36.4 Å². The molecule has 0 saturated carbocycles. The van der Waals surface area contributed by atoms with Gasteiger partial charge in [-0.2, -0.15) is 0 Å². The van der Waals surface area contributed by atoms with Crippen LogP contribution in [0, 0.1) is 0 Å². The van der Waals surface area contributed by atoms with Gasteiger partial charge in [0.2, 0.25) is 0 Å². The summed E-state index contributed by atoms with van der Waals surface area (Å²) in [6, 6.07) is 14.4. The lowest BCUT2D eigenvalue weighted by Gasteiger charge is -2.02. The molecule has 0 amide bonds. The summed E-state index contributed by atoms with van der Waals surface area (Å²) in [6.07, 6.45) is 7.83. The second-order valence-electron chi connectivity index (χ2n) is 5.63. The lowest BCUT2D eigenvalue weighted by molar-refractivity contribution is 0.0994. The smallest absolute Gasteiger partial charge is 0.163 e. The van der Waals surface area contributed by atoms with E-state index >= 15 is 0 Å². The summed E-state index contributed by atoms with van der Waals surface area (Å²) < 4.78 is 5.16. The van der Waals surface area contributed by atoms with Crippen molar-refractivity contribution >= 4 is 11.9 Å². The molecule has 0 radical (unpaired) electrons. The van der Waals surface area contributed by atoms with Gasteiger partial charge in [-0.1, -0.05) is 36.4 Å². The van der Waals surface area contributed by atoms with Crippen molar-refractivity contribution < 1.29 is 9.53 Å². The van der Waals surface area contributed by atoms with Crippen molar-refractivity contribution in [2.75, 3.05) is 7.11 Å². The van der Waals surface area contributed by atoms with E-state index in [1.165, 1.54) is 11.1 Å². The minimum Gasteiger partial charge on any atom is -0.497 e. The highest BCUT2D eigenvalue weighted by molar-refractivity contribution is 6.00. The number of aryl methyl sites for hydroxylation is 2. The average Bonchev–Trinajstić information content (AvgIpc) is 2.93.